The number of halogens is 1. The lowest BCUT2D eigenvalue weighted by Gasteiger charge is -2.15. The first-order valence-corrected chi connectivity index (χ1v) is 12.0. The highest BCUT2D eigenvalue weighted by atomic mass is 35.5. The molecule has 4 rings (SSSR count). The van der Waals surface area contributed by atoms with Gasteiger partial charge < -0.3 is 10.1 Å². The summed E-state index contributed by atoms with van der Waals surface area (Å²) in [4.78, 5) is 12.5. The molecule has 0 aliphatic heterocycles. The Morgan fingerprint density at radius 1 is 0.879 bits per heavy atom. The molecule has 0 radical (unpaired) electrons. The number of sulfonamides is 1. The molecule has 0 bridgehead atoms. The Morgan fingerprint density at radius 3 is 2.27 bits per heavy atom. The van der Waals surface area contributed by atoms with Crippen molar-refractivity contribution in [1.29, 1.82) is 0 Å². The first kappa shape index (κ1) is 22.6. The summed E-state index contributed by atoms with van der Waals surface area (Å²) in [6.07, 6.45) is -0.761. The number of benzene rings is 4. The minimum atomic E-state index is -3.81. The van der Waals surface area contributed by atoms with Crippen LogP contribution in [0.4, 0.5) is 11.4 Å². The predicted octanol–water partition coefficient (Wildman–Crippen LogP) is 5.70. The van der Waals surface area contributed by atoms with Crippen LogP contribution in [0.5, 0.6) is 5.75 Å². The highest BCUT2D eigenvalue weighted by molar-refractivity contribution is 7.92. The highest BCUT2D eigenvalue weighted by Crippen LogP contribution is 2.26. The quantitative estimate of drug-likeness (QED) is 0.355. The van der Waals surface area contributed by atoms with E-state index in [1.54, 1.807) is 43.3 Å². The van der Waals surface area contributed by atoms with Gasteiger partial charge in [-0.05, 0) is 66.9 Å². The van der Waals surface area contributed by atoms with Gasteiger partial charge in [0.25, 0.3) is 15.9 Å². The van der Waals surface area contributed by atoms with Crippen molar-refractivity contribution in [3.8, 4) is 5.75 Å². The van der Waals surface area contributed by atoms with Crippen LogP contribution in [-0.4, -0.2) is 20.4 Å². The lowest BCUT2D eigenvalue weighted by atomic mass is 10.1. The number of ether oxygens (including phenoxy) is 1. The molecule has 8 heteroatoms. The fourth-order valence-corrected chi connectivity index (χ4v) is 4.46. The van der Waals surface area contributed by atoms with Crippen LogP contribution in [0.25, 0.3) is 10.8 Å². The van der Waals surface area contributed by atoms with Gasteiger partial charge in [0.2, 0.25) is 0 Å². The van der Waals surface area contributed by atoms with Crippen molar-refractivity contribution in [3.05, 3.63) is 96.0 Å². The lowest BCUT2D eigenvalue weighted by Crippen LogP contribution is -2.30. The van der Waals surface area contributed by atoms with Crippen molar-refractivity contribution in [2.24, 2.45) is 0 Å². The Balaban J connectivity index is 1.43. The minimum Gasteiger partial charge on any atom is -0.481 e. The first-order chi connectivity index (χ1) is 15.8. The van der Waals surface area contributed by atoms with Crippen LogP contribution < -0.4 is 14.8 Å². The lowest BCUT2D eigenvalue weighted by molar-refractivity contribution is -0.122. The number of amides is 1. The summed E-state index contributed by atoms with van der Waals surface area (Å²) in [7, 11) is -3.81. The van der Waals surface area contributed by atoms with Crippen molar-refractivity contribution in [2.75, 3.05) is 10.0 Å². The maximum atomic E-state index is 12.9. The summed E-state index contributed by atoms with van der Waals surface area (Å²) in [5.41, 5.74) is 0.953. The standard InChI is InChI=1S/C25H21ClN2O4S/c1-17(32-21-13-9-19(26)10-14-21)25(29)27-20-11-15-22(16-12-20)33(30,31)28-24-8-4-6-18-5-2-3-7-23(18)24/h2-17,28H,1H3,(H,27,29)/t17-/m1/s1. The van der Waals surface area contributed by atoms with Crippen LogP contribution in [0.2, 0.25) is 5.02 Å². The summed E-state index contributed by atoms with van der Waals surface area (Å²) in [6.45, 7) is 1.62. The van der Waals surface area contributed by atoms with Crippen molar-refractivity contribution >= 4 is 49.7 Å². The highest BCUT2D eigenvalue weighted by Gasteiger charge is 2.18. The van der Waals surface area contributed by atoms with Crippen LogP contribution in [0.3, 0.4) is 0 Å². The van der Waals surface area contributed by atoms with Gasteiger partial charge in [-0.1, -0.05) is 48.0 Å². The monoisotopic (exact) mass is 480 g/mol. The molecule has 4 aromatic rings. The Labute approximate surface area is 197 Å². The van der Waals surface area contributed by atoms with Crippen molar-refractivity contribution in [3.63, 3.8) is 0 Å². The number of hydrogen-bond donors (Lipinski definition) is 2. The van der Waals surface area contributed by atoms with Gasteiger partial charge in [0, 0.05) is 16.1 Å². The van der Waals surface area contributed by atoms with Crippen LogP contribution in [0.1, 0.15) is 6.92 Å². The molecule has 168 valence electrons. The Hall–Kier alpha value is -3.55. The van der Waals surface area contributed by atoms with Crippen molar-refractivity contribution < 1.29 is 17.9 Å². The van der Waals surface area contributed by atoms with Crippen LogP contribution in [0, 0.1) is 0 Å². The zero-order valence-corrected chi connectivity index (χ0v) is 19.2. The van der Waals surface area contributed by atoms with E-state index in [2.05, 4.69) is 10.0 Å². The third kappa shape index (κ3) is 5.45. The molecule has 0 saturated heterocycles. The number of fused-ring (bicyclic) bond motifs is 1. The zero-order chi connectivity index (χ0) is 23.4. The molecular weight excluding hydrogens is 460 g/mol. The van der Waals surface area contributed by atoms with E-state index in [1.807, 2.05) is 30.3 Å². The number of hydrogen-bond acceptors (Lipinski definition) is 4. The van der Waals surface area contributed by atoms with E-state index in [9.17, 15) is 13.2 Å². The molecule has 1 amide bonds. The topological polar surface area (TPSA) is 84.5 Å². The first-order valence-electron chi connectivity index (χ1n) is 10.2. The predicted molar refractivity (Wildman–Crippen MR) is 131 cm³/mol. The van der Waals surface area contributed by atoms with E-state index in [4.69, 9.17) is 16.3 Å². The molecule has 0 heterocycles. The van der Waals surface area contributed by atoms with Crippen LogP contribution in [0.15, 0.2) is 95.9 Å². The molecule has 2 N–H and O–H groups in total. The molecule has 0 unspecified atom stereocenters. The molecule has 0 aromatic heterocycles. The second kappa shape index (κ2) is 9.52. The number of anilines is 2. The van der Waals surface area contributed by atoms with Gasteiger partial charge in [0.05, 0.1) is 10.6 Å². The summed E-state index contributed by atoms with van der Waals surface area (Å²) in [5.74, 6) is 0.150. The van der Waals surface area contributed by atoms with E-state index < -0.39 is 16.1 Å². The largest absolute Gasteiger partial charge is 0.481 e. The second-order valence-electron chi connectivity index (χ2n) is 7.36. The molecule has 0 aliphatic rings. The van der Waals surface area contributed by atoms with Gasteiger partial charge in [0.15, 0.2) is 6.10 Å². The fraction of sp³-hybridized carbons (Fsp3) is 0.0800. The fourth-order valence-electron chi connectivity index (χ4n) is 3.25. The molecule has 6 nitrogen and oxygen atoms in total. The molecule has 0 spiro atoms. The van der Waals surface area contributed by atoms with Gasteiger partial charge in [-0.15, -0.1) is 0 Å². The molecular formula is C25H21ClN2O4S. The Morgan fingerprint density at radius 2 is 1.55 bits per heavy atom. The Kier molecular flexibility index (Phi) is 6.53. The Bertz CT molecular complexity index is 1380. The van der Waals surface area contributed by atoms with Gasteiger partial charge in [0.1, 0.15) is 5.75 Å². The van der Waals surface area contributed by atoms with Gasteiger partial charge in [-0.3, -0.25) is 9.52 Å². The molecule has 0 fully saturated rings. The smallest absolute Gasteiger partial charge is 0.265 e. The molecule has 0 saturated carbocycles. The average Bonchev–Trinajstić information content (AvgIpc) is 2.81. The van der Waals surface area contributed by atoms with Gasteiger partial charge in [-0.25, -0.2) is 8.42 Å². The molecule has 4 aromatic carbocycles. The normalized spacial score (nSPS) is 12.2. The van der Waals surface area contributed by atoms with E-state index >= 15 is 0 Å². The summed E-state index contributed by atoms with van der Waals surface area (Å²) in [5, 5.41) is 5.04. The minimum absolute atomic E-state index is 0.0823. The van der Waals surface area contributed by atoms with Gasteiger partial charge >= 0.3 is 0 Å². The summed E-state index contributed by atoms with van der Waals surface area (Å²) in [6, 6.07) is 25.6. The molecule has 33 heavy (non-hydrogen) atoms. The average molecular weight is 481 g/mol. The number of rotatable bonds is 7. The van der Waals surface area contributed by atoms with Crippen LogP contribution in [-0.2, 0) is 14.8 Å². The number of carbonyl (C=O) groups is 1. The SMILES string of the molecule is C[C@@H](Oc1ccc(Cl)cc1)C(=O)Nc1ccc(S(=O)(=O)Nc2cccc3ccccc23)cc1. The van der Waals surface area contributed by atoms with Crippen molar-refractivity contribution in [1.82, 2.24) is 0 Å². The third-order valence-electron chi connectivity index (χ3n) is 4.96. The van der Waals surface area contributed by atoms with E-state index in [0.29, 0.717) is 22.1 Å². The molecule has 0 aliphatic carbocycles. The summed E-state index contributed by atoms with van der Waals surface area (Å²) < 4.78 is 34.0. The van der Waals surface area contributed by atoms with Gasteiger partial charge in [-0.2, -0.15) is 0 Å². The third-order valence-corrected chi connectivity index (χ3v) is 6.60. The zero-order valence-electron chi connectivity index (χ0n) is 17.7. The van der Waals surface area contributed by atoms with Crippen molar-refractivity contribution in [2.45, 2.75) is 17.9 Å². The van der Waals surface area contributed by atoms with E-state index in [0.717, 1.165) is 10.8 Å². The number of carbonyl (C=O) groups excluding carboxylic acids is 1. The summed E-state index contributed by atoms with van der Waals surface area (Å²) >= 11 is 5.85. The molecule has 1 atom stereocenters. The van der Waals surface area contributed by atoms with E-state index in [1.165, 1.54) is 24.3 Å². The maximum Gasteiger partial charge on any atom is 0.265 e. The maximum absolute atomic E-state index is 12.9. The van der Waals surface area contributed by atoms with E-state index in [-0.39, 0.29) is 10.8 Å². The number of nitrogens with one attached hydrogen (secondary N) is 2. The van der Waals surface area contributed by atoms with Crippen LogP contribution >= 0.6 is 11.6 Å². The second-order valence-corrected chi connectivity index (χ2v) is 9.48.